The molecule has 45 heavy (non-hydrogen) atoms. The number of hydrogen-bond acceptors (Lipinski definition) is 7. The molecule has 0 bridgehead atoms. The summed E-state index contributed by atoms with van der Waals surface area (Å²) in [6.07, 6.45) is 1.48. The summed E-state index contributed by atoms with van der Waals surface area (Å²) < 4.78 is 13.8. The van der Waals surface area contributed by atoms with E-state index in [2.05, 4.69) is 5.32 Å². The van der Waals surface area contributed by atoms with Crippen molar-refractivity contribution >= 4 is 23.6 Å². The van der Waals surface area contributed by atoms with E-state index in [0.717, 1.165) is 38.1 Å². The number of ether oxygens (including phenoxy) is 2. The van der Waals surface area contributed by atoms with Gasteiger partial charge < -0.3 is 30.2 Å². The van der Waals surface area contributed by atoms with Crippen LogP contribution >= 0.6 is 11.8 Å². The highest BCUT2D eigenvalue weighted by Crippen LogP contribution is 2.39. The van der Waals surface area contributed by atoms with Gasteiger partial charge in [0.25, 0.3) is 5.03 Å². The summed E-state index contributed by atoms with van der Waals surface area (Å²) in [5.74, 6) is -0.518. The minimum absolute atomic E-state index is 0.0300. The van der Waals surface area contributed by atoms with Gasteiger partial charge in [0.05, 0.1) is 18.8 Å². The van der Waals surface area contributed by atoms with E-state index in [0.29, 0.717) is 30.2 Å². The number of benzene rings is 3. The number of amides is 1. The zero-order chi connectivity index (χ0) is 31.6. The van der Waals surface area contributed by atoms with Gasteiger partial charge in [-0.25, -0.2) is 0 Å². The number of carboxylic acid groups (broad SMARTS) is 1. The molecule has 2 heterocycles. The van der Waals surface area contributed by atoms with Crippen LogP contribution in [0.3, 0.4) is 0 Å². The Morgan fingerprint density at radius 2 is 1.64 bits per heavy atom. The lowest BCUT2D eigenvalue weighted by Crippen LogP contribution is -2.32. The van der Waals surface area contributed by atoms with Crippen LogP contribution in [0.4, 0.5) is 0 Å². The largest absolute Gasteiger partial charge is 0.618 e. The average Bonchev–Trinajstić information content (AvgIpc) is 3.07. The summed E-state index contributed by atoms with van der Waals surface area (Å²) in [6.45, 7) is 0.303. The maximum atomic E-state index is 12.2. The third-order valence-electron chi connectivity index (χ3n) is 7.60. The van der Waals surface area contributed by atoms with Crippen LogP contribution < -0.4 is 10.0 Å². The van der Waals surface area contributed by atoms with E-state index in [-0.39, 0.29) is 37.6 Å². The number of aliphatic hydroxyl groups is 1. The van der Waals surface area contributed by atoms with Crippen LogP contribution in [0.25, 0.3) is 11.1 Å². The molecule has 1 aliphatic rings. The van der Waals surface area contributed by atoms with E-state index >= 15 is 0 Å². The molecule has 0 aliphatic carbocycles. The van der Waals surface area contributed by atoms with Crippen LogP contribution in [-0.2, 0) is 32.2 Å². The Labute approximate surface area is 266 Å². The molecule has 1 amide bonds. The van der Waals surface area contributed by atoms with Gasteiger partial charge in [-0.2, -0.15) is 4.73 Å². The highest BCUT2D eigenvalue weighted by atomic mass is 32.2. The number of carbonyl (C=O) groups excluding carboxylic acids is 1. The molecule has 10 heteroatoms. The van der Waals surface area contributed by atoms with Crippen LogP contribution in [0.5, 0.6) is 0 Å². The zero-order valence-electron chi connectivity index (χ0n) is 24.7. The first kappa shape index (κ1) is 32.2. The third kappa shape index (κ3) is 8.92. The van der Waals surface area contributed by atoms with Crippen LogP contribution in [-0.4, -0.2) is 33.9 Å². The molecule has 0 saturated carbocycles. The van der Waals surface area contributed by atoms with Gasteiger partial charge >= 0.3 is 5.97 Å². The monoisotopic (exact) mass is 628 g/mol. The number of pyridine rings is 1. The zero-order valence-corrected chi connectivity index (χ0v) is 25.5. The SMILES string of the molecule is O=C(O)CCCC(=O)NCc1ccccc1-c1ccc([C@H]2O[C@@H](CSc3cccc[n+]3[O-])C[C@@H](c3ccc(CO)cc3)O2)cc1. The number of aliphatic hydroxyl groups excluding tert-OH is 1. The summed E-state index contributed by atoms with van der Waals surface area (Å²) in [6, 6.07) is 28.8. The second-order valence-corrected chi connectivity index (χ2v) is 11.9. The fourth-order valence-electron chi connectivity index (χ4n) is 5.18. The number of carboxylic acids is 1. The number of nitrogens with one attached hydrogen (secondary N) is 1. The van der Waals surface area contributed by atoms with Gasteiger partial charge in [-0.05, 0) is 40.3 Å². The van der Waals surface area contributed by atoms with Gasteiger partial charge in [0, 0.05) is 49.3 Å². The van der Waals surface area contributed by atoms with Crippen molar-refractivity contribution in [1.29, 1.82) is 0 Å². The second kappa shape index (κ2) is 15.7. The number of aromatic nitrogens is 1. The molecule has 234 valence electrons. The molecule has 3 N–H and O–H groups in total. The van der Waals surface area contributed by atoms with Crippen LogP contribution in [0.1, 0.15) is 60.3 Å². The topological polar surface area (TPSA) is 132 Å². The Morgan fingerprint density at radius 3 is 2.38 bits per heavy atom. The predicted molar refractivity (Wildman–Crippen MR) is 170 cm³/mol. The van der Waals surface area contributed by atoms with Crippen molar-refractivity contribution in [2.45, 2.75) is 62.4 Å². The van der Waals surface area contributed by atoms with Crippen LogP contribution in [0.2, 0.25) is 0 Å². The lowest BCUT2D eigenvalue weighted by atomic mass is 9.97. The minimum Gasteiger partial charge on any atom is -0.618 e. The average molecular weight is 629 g/mol. The fourth-order valence-corrected chi connectivity index (χ4v) is 6.12. The molecule has 0 radical (unpaired) electrons. The molecule has 1 aromatic heterocycles. The summed E-state index contributed by atoms with van der Waals surface area (Å²) in [7, 11) is 0. The molecule has 9 nitrogen and oxygen atoms in total. The van der Waals surface area contributed by atoms with Crippen LogP contribution in [0, 0.1) is 5.21 Å². The van der Waals surface area contributed by atoms with Crippen molar-refractivity contribution in [3.63, 3.8) is 0 Å². The molecular formula is C35H36N2O7S. The van der Waals surface area contributed by atoms with Gasteiger partial charge in [-0.15, -0.1) is 0 Å². The first-order chi connectivity index (χ1) is 21.9. The fraction of sp³-hybridized carbons (Fsp3) is 0.286. The molecule has 1 aliphatic heterocycles. The molecule has 0 spiro atoms. The molecule has 0 unspecified atom stereocenters. The summed E-state index contributed by atoms with van der Waals surface area (Å²) in [5.41, 5.74) is 5.56. The maximum absolute atomic E-state index is 12.2. The quantitative estimate of drug-likeness (QED) is 0.0978. The smallest absolute Gasteiger partial charge is 0.303 e. The lowest BCUT2D eigenvalue weighted by molar-refractivity contribution is -0.645. The first-order valence-electron chi connectivity index (χ1n) is 14.9. The van der Waals surface area contributed by atoms with Crippen molar-refractivity contribution in [2.24, 2.45) is 0 Å². The standard InChI is InChI=1S/C35H36N2O7S/c38-22-24-11-13-26(14-12-24)31-20-29(23-45-33-9-3-4-19-37(33)42)43-35(44-31)27-17-15-25(16-18-27)30-7-2-1-6-28(30)21-36-32(39)8-5-10-34(40)41/h1-4,6-7,9,11-19,29,31,35,38H,5,8,10,20-23H2,(H,36,39)(H,40,41)/t29-,31+,35+/m1/s1. The lowest BCUT2D eigenvalue weighted by Gasteiger charge is -2.36. The van der Waals surface area contributed by atoms with Gasteiger partial charge in [0.1, 0.15) is 0 Å². The number of thioether (sulfide) groups is 1. The predicted octanol–water partition coefficient (Wildman–Crippen LogP) is 5.69. The molecule has 1 fully saturated rings. The summed E-state index contributed by atoms with van der Waals surface area (Å²) >= 11 is 1.45. The highest BCUT2D eigenvalue weighted by molar-refractivity contribution is 7.99. The Bertz CT molecular complexity index is 1580. The van der Waals surface area contributed by atoms with E-state index in [1.54, 1.807) is 12.1 Å². The van der Waals surface area contributed by atoms with E-state index in [1.807, 2.05) is 78.9 Å². The number of hydrogen-bond donors (Lipinski definition) is 3. The molecular weight excluding hydrogens is 592 g/mol. The van der Waals surface area contributed by atoms with Crippen molar-refractivity contribution in [3.8, 4) is 11.1 Å². The van der Waals surface area contributed by atoms with Crippen molar-refractivity contribution < 1.29 is 34.0 Å². The molecule has 3 atom stereocenters. The Hall–Kier alpha value is -4.22. The van der Waals surface area contributed by atoms with Gasteiger partial charge in [0.15, 0.2) is 12.5 Å². The normalized spacial score (nSPS) is 17.9. The summed E-state index contributed by atoms with van der Waals surface area (Å²) in [4.78, 5) is 23.0. The minimum atomic E-state index is -0.911. The Morgan fingerprint density at radius 1 is 0.911 bits per heavy atom. The molecule has 1 saturated heterocycles. The van der Waals surface area contributed by atoms with Crippen molar-refractivity contribution in [3.05, 3.63) is 125 Å². The Kier molecular flexibility index (Phi) is 11.2. The number of nitrogens with zero attached hydrogens (tertiary/aromatic N) is 1. The highest BCUT2D eigenvalue weighted by Gasteiger charge is 2.32. The van der Waals surface area contributed by atoms with Gasteiger partial charge in [-0.3, -0.25) is 9.59 Å². The number of carbonyl (C=O) groups is 2. The second-order valence-electron chi connectivity index (χ2n) is 10.8. The molecule has 5 rings (SSSR count). The first-order valence-corrected chi connectivity index (χ1v) is 15.9. The van der Waals surface area contributed by atoms with E-state index < -0.39 is 12.3 Å². The van der Waals surface area contributed by atoms with E-state index in [4.69, 9.17) is 14.6 Å². The van der Waals surface area contributed by atoms with Gasteiger partial charge in [-0.1, -0.05) is 84.6 Å². The maximum Gasteiger partial charge on any atom is 0.303 e. The Balaban J connectivity index is 1.30. The van der Waals surface area contributed by atoms with Crippen molar-refractivity contribution in [1.82, 2.24) is 5.32 Å². The molecule has 4 aromatic rings. The van der Waals surface area contributed by atoms with E-state index in [1.165, 1.54) is 18.0 Å². The summed E-state index contributed by atoms with van der Waals surface area (Å²) in [5, 5.41) is 34.0. The van der Waals surface area contributed by atoms with Crippen molar-refractivity contribution in [2.75, 3.05) is 5.75 Å². The molecule has 3 aromatic carbocycles. The third-order valence-corrected chi connectivity index (χ3v) is 8.75. The number of rotatable bonds is 13. The number of aliphatic carboxylic acids is 1. The van der Waals surface area contributed by atoms with E-state index in [9.17, 15) is 19.9 Å². The van der Waals surface area contributed by atoms with Gasteiger partial charge in [0.2, 0.25) is 5.91 Å². The van der Waals surface area contributed by atoms with Crippen LogP contribution in [0.15, 0.2) is 102 Å².